The lowest BCUT2D eigenvalue weighted by molar-refractivity contribution is 0.897. The highest BCUT2D eigenvalue weighted by atomic mass is 32.1. The van der Waals surface area contributed by atoms with Crippen molar-refractivity contribution in [2.75, 3.05) is 11.9 Å². The summed E-state index contributed by atoms with van der Waals surface area (Å²) in [5.41, 5.74) is 0.993. The Morgan fingerprint density at radius 2 is 2.26 bits per heavy atom. The minimum Gasteiger partial charge on any atom is -0.354 e. The molecule has 3 aromatic rings. The zero-order chi connectivity index (χ0) is 13.1. The summed E-state index contributed by atoms with van der Waals surface area (Å²) >= 11 is 1.62. The molecule has 3 rings (SSSR count). The van der Waals surface area contributed by atoms with Crippen molar-refractivity contribution in [2.45, 2.75) is 6.92 Å². The Hall–Kier alpha value is -2.28. The van der Waals surface area contributed by atoms with Gasteiger partial charge >= 0.3 is 0 Å². The predicted octanol–water partition coefficient (Wildman–Crippen LogP) is 2.22. The van der Waals surface area contributed by atoms with Crippen LogP contribution in [0.25, 0.3) is 17.3 Å². The van der Waals surface area contributed by atoms with Gasteiger partial charge in [-0.2, -0.15) is 26.3 Å². The van der Waals surface area contributed by atoms with E-state index in [1.807, 2.05) is 29.9 Å². The van der Waals surface area contributed by atoms with Crippen LogP contribution in [0.1, 0.15) is 6.92 Å². The molecule has 0 aromatic carbocycles. The minimum atomic E-state index is 0.560. The first kappa shape index (κ1) is 11.8. The molecule has 19 heavy (non-hydrogen) atoms. The molecular weight excluding hydrogens is 260 g/mol. The van der Waals surface area contributed by atoms with E-state index in [2.05, 4.69) is 25.3 Å². The van der Waals surface area contributed by atoms with Crippen LogP contribution in [0.3, 0.4) is 0 Å². The summed E-state index contributed by atoms with van der Waals surface area (Å²) in [5.74, 6) is 1.79. The van der Waals surface area contributed by atoms with Crippen LogP contribution in [0, 0.1) is 0 Å². The Morgan fingerprint density at radius 3 is 2.95 bits per heavy atom. The molecule has 3 aromatic heterocycles. The summed E-state index contributed by atoms with van der Waals surface area (Å²) in [5, 5.41) is 7.14. The summed E-state index contributed by atoms with van der Waals surface area (Å²) < 4.78 is 1.76. The van der Waals surface area contributed by atoms with Gasteiger partial charge in [-0.25, -0.2) is 4.98 Å². The van der Waals surface area contributed by atoms with Crippen molar-refractivity contribution in [3.63, 3.8) is 0 Å². The minimum absolute atomic E-state index is 0.560. The van der Waals surface area contributed by atoms with Crippen molar-refractivity contribution in [3.05, 3.63) is 35.5 Å². The van der Waals surface area contributed by atoms with Crippen LogP contribution < -0.4 is 5.32 Å². The number of hydrogen-bond donors (Lipinski definition) is 1. The van der Waals surface area contributed by atoms with Crippen LogP contribution in [0.2, 0.25) is 0 Å². The highest BCUT2D eigenvalue weighted by Gasteiger charge is 2.09. The number of nitrogens with one attached hydrogen (secondary N) is 1. The molecule has 0 saturated carbocycles. The molecule has 0 aliphatic carbocycles. The standard InChI is InChI=1S/C12H12N6S/c1-2-14-11-15-10(9-3-6-19-7-9)16-12(17-11)18-5-4-13-8-18/h3-8H,2H2,1H3,(H,14,15,16,17). The summed E-state index contributed by atoms with van der Waals surface area (Å²) in [6.07, 6.45) is 5.17. The van der Waals surface area contributed by atoms with Gasteiger partial charge in [0.2, 0.25) is 11.9 Å². The Bertz CT molecular complexity index is 594. The fourth-order valence-corrected chi connectivity index (χ4v) is 2.25. The van der Waals surface area contributed by atoms with Gasteiger partial charge in [-0.3, -0.25) is 4.57 Å². The Labute approximate surface area is 114 Å². The average Bonchev–Trinajstić information content (AvgIpc) is 3.12. The summed E-state index contributed by atoms with van der Waals surface area (Å²) in [6, 6.07) is 1.99. The fraction of sp³-hybridized carbons (Fsp3) is 0.167. The Balaban J connectivity index is 2.09. The van der Waals surface area contributed by atoms with Gasteiger partial charge < -0.3 is 5.32 Å². The number of imidazole rings is 1. The smallest absolute Gasteiger partial charge is 0.240 e. The fourth-order valence-electron chi connectivity index (χ4n) is 1.62. The maximum atomic E-state index is 4.47. The second-order valence-electron chi connectivity index (χ2n) is 3.79. The molecule has 0 aliphatic heterocycles. The zero-order valence-corrected chi connectivity index (χ0v) is 11.1. The van der Waals surface area contributed by atoms with E-state index in [4.69, 9.17) is 0 Å². The molecule has 0 saturated heterocycles. The molecule has 0 bridgehead atoms. The topological polar surface area (TPSA) is 68.5 Å². The van der Waals surface area contributed by atoms with Crippen LogP contribution in [0.5, 0.6) is 0 Å². The molecular formula is C12H12N6S. The number of nitrogens with zero attached hydrogens (tertiary/aromatic N) is 5. The van der Waals surface area contributed by atoms with Crippen molar-refractivity contribution in [1.29, 1.82) is 0 Å². The van der Waals surface area contributed by atoms with E-state index >= 15 is 0 Å². The van der Waals surface area contributed by atoms with Crippen molar-refractivity contribution in [2.24, 2.45) is 0 Å². The van der Waals surface area contributed by atoms with E-state index in [1.165, 1.54) is 0 Å². The largest absolute Gasteiger partial charge is 0.354 e. The molecule has 0 atom stereocenters. The van der Waals surface area contributed by atoms with Crippen molar-refractivity contribution in [1.82, 2.24) is 24.5 Å². The molecule has 3 heterocycles. The molecule has 0 amide bonds. The van der Waals surface area contributed by atoms with Crippen LogP contribution in [-0.4, -0.2) is 31.0 Å². The normalized spacial score (nSPS) is 10.6. The molecule has 96 valence electrons. The maximum absolute atomic E-state index is 4.47. The molecule has 1 N–H and O–H groups in total. The first-order chi connectivity index (χ1) is 9.36. The first-order valence-corrected chi connectivity index (χ1v) is 6.82. The maximum Gasteiger partial charge on any atom is 0.240 e. The van der Waals surface area contributed by atoms with Crippen molar-refractivity contribution >= 4 is 17.3 Å². The Morgan fingerprint density at radius 1 is 1.32 bits per heavy atom. The molecule has 0 aliphatic rings. The van der Waals surface area contributed by atoms with E-state index in [1.54, 1.807) is 28.4 Å². The third kappa shape index (κ3) is 2.45. The third-order valence-corrected chi connectivity index (χ3v) is 3.16. The first-order valence-electron chi connectivity index (χ1n) is 5.87. The van der Waals surface area contributed by atoms with E-state index in [0.717, 1.165) is 12.1 Å². The zero-order valence-electron chi connectivity index (χ0n) is 10.3. The van der Waals surface area contributed by atoms with Crippen molar-refractivity contribution < 1.29 is 0 Å². The van der Waals surface area contributed by atoms with E-state index in [-0.39, 0.29) is 0 Å². The lowest BCUT2D eigenvalue weighted by Gasteiger charge is -2.07. The molecule has 0 spiro atoms. The molecule has 0 radical (unpaired) electrons. The van der Waals surface area contributed by atoms with Crippen LogP contribution in [0.15, 0.2) is 35.5 Å². The number of hydrogen-bond acceptors (Lipinski definition) is 6. The number of thiophene rings is 1. The second kappa shape index (κ2) is 5.15. The van der Waals surface area contributed by atoms with Gasteiger partial charge in [0.05, 0.1) is 0 Å². The molecule has 0 unspecified atom stereocenters. The summed E-state index contributed by atoms with van der Waals surface area (Å²) in [6.45, 7) is 2.77. The van der Waals surface area contributed by atoms with Crippen LogP contribution in [-0.2, 0) is 0 Å². The highest BCUT2D eigenvalue weighted by Crippen LogP contribution is 2.20. The lowest BCUT2D eigenvalue weighted by atomic mass is 10.3. The molecule has 6 nitrogen and oxygen atoms in total. The van der Waals surface area contributed by atoms with E-state index < -0.39 is 0 Å². The number of anilines is 1. The van der Waals surface area contributed by atoms with Gasteiger partial charge in [0, 0.05) is 29.9 Å². The number of rotatable bonds is 4. The van der Waals surface area contributed by atoms with Gasteiger partial charge in [-0.1, -0.05) is 0 Å². The van der Waals surface area contributed by atoms with Gasteiger partial charge in [0.25, 0.3) is 0 Å². The van der Waals surface area contributed by atoms with Gasteiger partial charge in [-0.15, -0.1) is 0 Å². The summed E-state index contributed by atoms with van der Waals surface area (Å²) in [4.78, 5) is 17.3. The SMILES string of the molecule is CCNc1nc(-c2ccsc2)nc(-n2ccnc2)n1. The Kier molecular flexibility index (Phi) is 3.20. The summed E-state index contributed by atoms with van der Waals surface area (Å²) in [7, 11) is 0. The lowest BCUT2D eigenvalue weighted by Crippen LogP contribution is -2.08. The average molecular weight is 272 g/mol. The molecule has 0 fully saturated rings. The van der Waals surface area contributed by atoms with E-state index in [9.17, 15) is 0 Å². The highest BCUT2D eigenvalue weighted by molar-refractivity contribution is 7.08. The third-order valence-electron chi connectivity index (χ3n) is 2.47. The number of aromatic nitrogens is 5. The van der Waals surface area contributed by atoms with Gasteiger partial charge in [-0.05, 0) is 18.4 Å². The second-order valence-corrected chi connectivity index (χ2v) is 4.57. The molecule has 7 heteroatoms. The predicted molar refractivity (Wildman–Crippen MR) is 74.4 cm³/mol. The van der Waals surface area contributed by atoms with E-state index in [0.29, 0.717) is 17.7 Å². The van der Waals surface area contributed by atoms with Gasteiger partial charge in [0.15, 0.2) is 5.82 Å². The monoisotopic (exact) mass is 272 g/mol. The van der Waals surface area contributed by atoms with Gasteiger partial charge in [0.1, 0.15) is 6.33 Å². The van der Waals surface area contributed by atoms with Crippen LogP contribution in [0.4, 0.5) is 5.95 Å². The van der Waals surface area contributed by atoms with Crippen LogP contribution >= 0.6 is 11.3 Å². The quantitative estimate of drug-likeness (QED) is 0.788. The van der Waals surface area contributed by atoms with Crippen molar-refractivity contribution in [3.8, 4) is 17.3 Å².